The van der Waals surface area contributed by atoms with Crippen molar-refractivity contribution in [3.05, 3.63) is 59.9 Å². The van der Waals surface area contributed by atoms with Gasteiger partial charge in [-0.25, -0.2) is 0 Å². The van der Waals surface area contributed by atoms with Crippen molar-refractivity contribution in [2.45, 2.75) is 20.0 Å². The van der Waals surface area contributed by atoms with Gasteiger partial charge in [-0.3, -0.25) is 4.98 Å². The Morgan fingerprint density at radius 3 is 2.44 bits per heavy atom. The maximum atomic E-state index is 5.61. The average molecular weight is 241 g/mol. The van der Waals surface area contributed by atoms with Crippen LogP contribution in [-0.4, -0.2) is 11.5 Å². The van der Waals surface area contributed by atoms with Crippen molar-refractivity contribution in [2.75, 3.05) is 11.4 Å². The number of rotatable bonds is 5. The molecule has 0 aliphatic heterocycles. The van der Waals surface area contributed by atoms with Gasteiger partial charge in [-0.15, -0.1) is 0 Å². The van der Waals surface area contributed by atoms with Crippen molar-refractivity contribution in [2.24, 2.45) is 5.73 Å². The van der Waals surface area contributed by atoms with Gasteiger partial charge in [0, 0.05) is 25.0 Å². The molecule has 0 spiro atoms. The molecule has 0 amide bonds. The summed E-state index contributed by atoms with van der Waals surface area (Å²) in [6, 6.07) is 14.4. The lowest BCUT2D eigenvalue weighted by Crippen LogP contribution is -2.22. The van der Waals surface area contributed by atoms with E-state index < -0.39 is 0 Å². The fraction of sp³-hybridized carbons (Fsp3) is 0.267. The molecule has 0 fully saturated rings. The first kappa shape index (κ1) is 12.6. The molecule has 2 rings (SSSR count). The summed E-state index contributed by atoms with van der Waals surface area (Å²) in [5.41, 5.74) is 9.06. The number of pyridine rings is 1. The van der Waals surface area contributed by atoms with E-state index in [9.17, 15) is 0 Å². The van der Waals surface area contributed by atoms with E-state index in [1.54, 1.807) is 0 Å². The van der Waals surface area contributed by atoms with Crippen LogP contribution in [0.4, 0.5) is 5.69 Å². The van der Waals surface area contributed by atoms with Crippen molar-refractivity contribution in [1.82, 2.24) is 4.98 Å². The summed E-state index contributed by atoms with van der Waals surface area (Å²) in [7, 11) is 0. The number of anilines is 1. The molecule has 2 aromatic rings. The molecule has 0 saturated carbocycles. The van der Waals surface area contributed by atoms with Crippen LogP contribution in [0, 0.1) is 0 Å². The molecule has 0 saturated heterocycles. The van der Waals surface area contributed by atoms with Crippen LogP contribution < -0.4 is 10.6 Å². The zero-order chi connectivity index (χ0) is 12.8. The van der Waals surface area contributed by atoms with Crippen LogP contribution in [0.2, 0.25) is 0 Å². The van der Waals surface area contributed by atoms with Crippen molar-refractivity contribution in [3.8, 4) is 0 Å². The lowest BCUT2D eigenvalue weighted by molar-refractivity contribution is 0.809. The Bertz CT molecular complexity index is 465. The van der Waals surface area contributed by atoms with Crippen LogP contribution in [0.5, 0.6) is 0 Å². The maximum absolute atomic E-state index is 5.61. The van der Waals surface area contributed by atoms with E-state index in [1.165, 1.54) is 5.69 Å². The quantitative estimate of drug-likeness (QED) is 0.874. The van der Waals surface area contributed by atoms with Crippen molar-refractivity contribution < 1.29 is 0 Å². The zero-order valence-corrected chi connectivity index (χ0v) is 10.7. The Kier molecular flexibility index (Phi) is 4.31. The monoisotopic (exact) mass is 241 g/mol. The maximum Gasteiger partial charge on any atom is 0.0601 e. The number of hydrogen-bond donors (Lipinski definition) is 1. The third-order valence-corrected chi connectivity index (χ3v) is 3.00. The first-order chi connectivity index (χ1) is 8.83. The molecule has 0 aliphatic rings. The number of aromatic nitrogens is 1. The summed E-state index contributed by atoms with van der Waals surface area (Å²) in [5, 5.41) is 0. The molecule has 0 radical (unpaired) electrons. The second-order valence-electron chi connectivity index (χ2n) is 4.21. The molecule has 0 unspecified atom stereocenters. The minimum Gasteiger partial charge on any atom is -0.366 e. The van der Waals surface area contributed by atoms with Gasteiger partial charge in [0.1, 0.15) is 0 Å². The minimum absolute atomic E-state index is 0.590. The lowest BCUT2D eigenvalue weighted by atomic mass is 10.2. The van der Waals surface area contributed by atoms with Gasteiger partial charge in [0.05, 0.1) is 12.2 Å². The molecule has 0 bridgehead atoms. The third kappa shape index (κ3) is 3.08. The van der Waals surface area contributed by atoms with Crippen molar-refractivity contribution in [3.63, 3.8) is 0 Å². The Balaban J connectivity index is 2.12. The van der Waals surface area contributed by atoms with Crippen LogP contribution >= 0.6 is 0 Å². The van der Waals surface area contributed by atoms with Gasteiger partial charge in [-0.2, -0.15) is 0 Å². The summed E-state index contributed by atoms with van der Waals surface area (Å²) in [5.74, 6) is 0. The molecular weight excluding hydrogens is 222 g/mol. The smallest absolute Gasteiger partial charge is 0.0601 e. The first-order valence-corrected chi connectivity index (χ1v) is 6.27. The Labute approximate surface area is 108 Å². The topological polar surface area (TPSA) is 42.2 Å². The highest BCUT2D eigenvalue weighted by molar-refractivity contribution is 5.47. The van der Waals surface area contributed by atoms with Gasteiger partial charge >= 0.3 is 0 Å². The van der Waals surface area contributed by atoms with Crippen LogP contribution in [0.1, 0.15) is 18.2 Å². The fourth-order valence-corrected chi connectivity index (χ4v) is 1.92. The summed E-state index contributed by atoms with van der Waals surface area (Å²) in [6.07, 6.45) is 1.83. The van der Waals surface area contributed by atoms with Gasteiger partial charge in [-0.05, 0) is 36.8 Å². The number of hydrogen-bond acceptors (Lipinski definition) is 3. The first-order valence-electron chi connectivity index (χ1n) is 6.27. The SMILES string of the molecule is CCN(Cc1ccccn1)c1ccc(CN)cc1. The van der Waals surface area contributed by atoms with Crippen molar-refractivity contribution >= 4 is 5.69 Å². The predicted octanol–water partition coefficient (Wildman–Crippen LogP) is 2.57. The Morgan fingerprint density at radius 1 is 1.11 bits per heavy atom. The molecule has 0 aliphatic carbocycles. The number of nitrogens with two attached hydrogens (primary N) is 1. The summed E-state index contributed by atoms with van der Waals surface area (Å²) >= 11 is 0. The number of benzene rings is 1. The molecule has 3 heteroatoms. The largest absolute Gasteiger partial charge is 0.366 e. The summed E-state index contributed by atoms with van der Waals surface area (Å²) in [6.45, 7) is 4.53. The standard InChI is InChI=1S/C15H19N3/c1-2-18(12-14-5-3-4-10-17-14)15-8-6-13(11-16)7-9-15/h3-10H,2,11-12,16H2,1H3. The number of nitrogens with zero attached hydrogens (tertiary/aromatic N) is 2. The fourth-order valence-electron chi connectivity index (χ4n) is 1.92. The second kappa shape index (κ2) is 6.17. The van der Waals surface area contributed by atoms with Crippen LogP contribution in [0.15, 0.2) is 48.7 Å². The Morgan fingerprint density at radius 2 is 1.89 bits per heavy atom. The van der Waals surface area contributed by atoms with Gasteiger partial charge < -0.3 is 10.6 Å². The molecule has 94 valence electrons. The normalized spacial score (nSPS) is 10.3. The predicted molar refractivity (Wildman–Crippen MR) is 75.3 cm³/mol. The molecular formula is C15H19N3. The second-order valence-corrected chi connectivity index (χ2v) is 4.21. The summed E-state index contributed by atoms with van der Waals surface area (Å²) in [4.78, 5) is 6.66. The van der Waals surface area contributed by atoms with E-state index in [4.69, 9.17) is 5.73 Å². The summed E-state index contributed by atoms with van der Waals surface area (Å²) < 4.78 is 0. The van der Waals surface area contributed by atoms with Gasteiger partial charge in [0.25, 0.3) is 0 Å². The highest BCUT2D eigenvalue weighted by Gasteiger charge is 2.05. The van der Waals surface area contributed by atoms with Crippen LogP contribution in [0.25, 0.3) is 0 Å². The minimum atomic E-state index is 0.590. The van der Waals surface area contributed by atoms with Gasteiger partial charge in [0.2, 0.25) is 0 Å². The van der Waals surface area contributed by atoms with Gasteiger partial charge in [0.15, 0.2) is 0 Å². The Hall–Kier alpha value is -1.87. The highest BCUT2D eigenvalue weighted by atomic mass is 15.1. The van der Waals surface area contributed by atoms with Crippen LogP contribution in [0.3, 0.4) is 0 Å². The van der Waals surface area contributed by atoms with E-state index in [-0.39, 0.29) is 0 Å². The van der Waals surface area contributed by atoms with Crippen molar-refractivity contribution in [1.29, 1.82) is 0 Å². The molecule has 2 N–H and O–H groups in total. The van der Waals surface area contributed by atoms with E-state index in [1.807, 2.05) is 18.3 Å². The molecule has 3 nitrogen and oxygen atoms in total. The van der Waals surface area contributed by atoms with E-state index in [0.29, 0.717) is 6.54 Å². The van der Waals surface area contributed by atoms with E-state index >= 15 is 0 Å². The highest BCUT2D eigenvalue weighted by Crippen LogP contribution is 2.17. The third-order valence-electron chi connectivity index (χ3n) is 3.00. The molecule has 1 aromatic heterocycles. The molecule has 0 atom stereocenters. The van der Waals surface area contributed by atoms with E-state index in [2.05, 4.69) is 47.1 Å². The molecule has 18 heavy (non-hydrogen) atoms. The molecule has 1 aromatic carbocycles. The average Bonchev–Trinajstić information content (AvgIpc) is 2.46. The zero-order valence-electron chi connectivity index (χ0n) is 10.7. The molecule has 1 heterocycles. The van der Waals surface area contributed by atoms with Gasteiger partial charge in [-0.1, -0.05) is 18.2 Å². The van der Waals surface area contributed by atoms with Crippen LogP contribution in [-0.2, 0) is 13.1 Å². The lowest BCUT2D eigenvalue weighted by Gasteiger charge is -2.22. The van der Waals surface area contributed by atoms with E-state index in [0.717, 1.165) is 24.3 Å².